The van der Waals surface area contributed by atoms with Gasteiger partial charge in [0.25, 0.3) is 0 Å². The Labute approximate surface area is 137 Å². The summed E-state index contributed by atoms with van der Waals surface area (Å²) in [5.74, 6) is 1.84. The van der Waals surface area contributed by atoms with Gasteiger partial charge in [-0.1, -0.05) is 31.5 Å². The number of nitrogens with zero attached hydrogens (tertiary/aromatic N) is 1. The summed E-state index contributed by atoms with van der Waals surface area (Å²) >= 11 is 0. The quantitative estimate of drug-likeness (QED) is 0.661. The van der Waals surface area contributed by atoms with Crippen molar-refractivity contribution in [2.75, 3.05) is 14.2 Å². The Morgan fingerprint density at radius 1 is 0.957 bits per heavy atom. The van der Waals surface area contributed by atoms with Gasteiger partial charge in [0.05, 0.1) is 20.8 Å². The molecule has 0 saturated heterocycles. The molecule has 0 aliphatic heterocycles. The Morgan fingerprint density at radius 3 is 2.52 bits per heavy atom. The van der Waals surface area contributed by atoms with Crippen LogP contribution >= 0.6 is 0 Å². The lowest BCUT2D eigenvalue weighted by molar-refractivity contribution is 0.408. The number of hydrogen-bond donors (Lipinski definition) is 0. The zero-order valence-electron chi connectivity index (χ0n) is 14.0. The van der Waals surface area contributed by atoms with E-state index in [1.807, 2.05) is 18.2 Å². The van der Waals surface area contributed by atoms with Gasteiger partial charge in [0.2, 0.25) is 0 Å². The first-order valence-electron chi connectivity index (χ1n) is 8.04. The van der Waals surface area contributed by atoms with E-state index in [9.17, 15) is 0 Å². The predicted molar refractivity (Wildman–Crippen MR) is 94.6 cm³/mol. The molecular weight excluding hydrogens is 286 g/mol. The maximum atomic E-state index is 5.49. The molecule has 120 valence electrons. The van der Waals surface area contributed by atoms with Gasteiger partial charge in [-0.05, 0) is 36.2 Å². The molecule has 2 aromatic carbocycles. The lowest BCUT2D eigenvalue weighted by Crippen LogP contribution is -2.00. The van der Waals surface area contributed by atoms with Gasteiger partial charge in [-0.2, -0.15) is 0 Å². The maximum absolute atomic E-state index is 5.49. The number of aromatic nitrogens is 1. The average molecular weight is 309 g/mol. The second-order valence-corrected chi connectivity index (χ2v) is 5.73. The summed E-state index contributed by atoms with van der Waals surface area (Å²) in [6.07, 6.45) is 4.47. The van der Waals surface area contributed by atoms with Gasteiger partial charge in [-0.3, -0.25) is 0 Å². The van der Waals surface area contributed by atoms with E-state index in [-0.39, 0.29) is 0 Å². The minimum absolute atomic E-state index is 0.802. The predicted octanol–water partition coefficient (Wildman–Crippen LogP) is 4.66. The summed E-state index contributed by atoms with van der Waals surface area (Å²) in [6, 6.07) is 14.5. The molecule has 0 spiro atoms. The van der Waals surface area contributed by atoms with E-state index < -0.39 is 0 Å². The van der Waals surface area contributed by atoms with Crippen LogP contribution in [-0.2, 0) is 13.0 Å². The summed E-state index contributed by atoms with van der Waals surface area (Å²) in [4.78, 5) is 0. The van der Waals surface area contributed by atoms with Crippen LogP contribution < -0.4 is 9.47 Å². The lowest BCUT2D eigenvalue weighted by Gasteiger charge is -2.10. The standard InChI is InChI=1S/C20H23NO2/c1-4-7-15-13-21(14-16-8-5-6-9-20(16)23-3)19-11-10-17(22-2)12-18(15)19/h5-6,8-13H,4,7,14H2,1-3H3. The third-order valence-corrected chi connectivity index (χ3v) is 4.22. The van der Waals surface area contributed by atoms with E-state index in [1.54, 1.807) is 14.2 Å². The van der Waals surface area contributed by atoms with Crippen LogP contribution in [0.25, 0.3) is 10.9 Å². The Balaban J connectivity index is 2.06. The first kappa shape index (κ1) is 15.5. The van der Waals surface area contributed by atoms with Crippen molar-refractivity contribution in [1.82, 2.24) is 4.57 Å². The zero-order valence-corrected chi connectivity index (χ0v) is 14.0. The molecule has 0 bridgehead atoms. The number of aryl methyl sites for hydroxylation is 1. The summed E-state index contributed by atoms with van der Waals surface area (Å²) in [5, 5.41) is 1.28. The van der Waals surface area contributed by atoms with Crippen LogP contribution in [0.5, 0.6) is 11.5 Å². The van der Waals surface area contributed by atoms with Crippen molar-refractivity contribution in [3.63, 3.8) is 0 Å². The third kappa shape index (κ3) is 3.04. The summed E-state index contributed by atoms with van der Waals surface area (Å²) in [7, 11) is 3.44. The van der Waals surface area contributed by atoms with Gasteiger partial charge in [-0.15, -0.1) is 0 Å². The van der Waals surface area contributed by atoms with Crippen molar-refractivity contribution >= 4 is 10.9 Å². The van der Waals surface area contributed by atoms with Crippen molar-refractivity contribution in [2.24, 2.45) is 0 Å². The molecule has 0 fully saturated rings. The second kappa shape index (κ2) is 6.78. The minimum atomic E-state index is 0.802. The van der Waals surface area contributed by atoms with E-state index >= 15 is 0 Å². The van der Waals surface area contributed by atoms with Crippen molar-refractivity contribution in [3.8, 4) is 11.5 Å². The fraction of sp³-hybridized carbons (Fsp3) is 0.300. The first-order chi connectivity index (χ1) is 11.3. The Morgan fingerprint density at radius 2 is 1.78 bits per heavy atom. The molecule has 0 aliphatic carbocycles. The fourth-order valence-corrected chi connectivity index (χ4v) is 3.09. The highest BCUT2D eigenvalue weighted by molar-refractivity contribution is 5.85. The van der Waals surface area contributed by atoms with Crippen molar-refractivity contribution in [3.05, 3.63) is 59.8 Å². The Kier molecular flexibility index (Phi) is 4.56. The molecule has 0 amide bonds. The smallest absolute Gasteiger partial charge is 0.123 e. The van der Waals surface area contributed by atoms with Crippen LogP contribution in [0.15, 0.2) is 48.7 Å². The molecule has 0 radical (unpaired) electrons. The van der Waals surface area contributed by atoms with Crippen LogP contribution in [0.4, 0.5) is 0 Å². The Hall–Kier alpha value is -2.42. The largest absolute Gasteiger partial charge is 0.497 e. The topological polar surface area (TPSA) is 23.4 Å². The highest BCUT2D eigenvalue weighted by Crippen LogP contribution is 2.29. The summed E-state index contributed by atoms with van der Waals surface area (Å²) in [5.41, 5.74) is 3.79. The molecule has 1 heterocycles. The Bertz CT molecular complexity index is 805. The molecule has 3 nitrogen and oxygen atoms in total. The summed E-state index contributed by atoms with van der Waals surface area (Å²) < 4.78 is 13.2. The van der Waals surface area contributed by atoms with Crippen molar-refractivity contribution in [1.29, 1.82) is 0 Å². The number of rotatable bonds is 6. The SMILES string of the molecule is CCCc1cn(Cc2ccccc2OC)c2ccc(OC)cc12. The third-order valence-electron chi connectivity index (χ3n) is 4.22. The highest BCUT2D eigenvalue weighted by atomic mass is 16.5. The second-order valence-electron chi connectivity index (χ2n) is 5.73. The molecule has 0 unspecified atom stereocenters. The van der Waals surface area contributed by atoms with Gasteiger partial charge >= 0.3 is 0 Å². The number of para-hydroxylation sites is 1. The van der Waals surface area contributed by atoms with Gasteiger partial charge in [-0.25, -0.2) is 0 Å². The number of hydrogen-bond acceptors (Lipinski definition) is 2. The first-order valence-corrected chi connectivity index (χ1v) is 8.04. The van der Waals surface area contributed by atoms with E-state index in [2.05, 4.69) is 42.0 Å². The number of ether oxygens (including phenoxy) is 2. The van der Waals surface area contributed by atoms with E-state index in [4.69, 9.17) is 9.47 Å². The monoisotopic (exact) mass is 309 g/mol. The lowest BCUT2D eigenvalue weighted by atomic mass is 10.1. The molecule has 0 atom stereocenters. The molecule has 23 heavy (non-hydrogen) atoms. The van der Waals surface area contributed by atoms with Gasteiger partial charge in [0.15, 0.2) is 0 Å². The van der Waals surface area contributed by atoms with Gasteiger partial charge < -0.3 is 14.0 Å². The van der Waals surface area contributed by atoms with Gasteiger partial charge in [0, 0.05) is 22.7 Å². The summed E-state index contributed by atoms with van der Waals surface area (Å²) in [6.45, 7) is 3.01. The van der Waals surface area contributed by atoms with Crippen molar-refractivity contribution in [2.45, 2.75) is 26.3 Å². The maximum Gasteiger partial charge on any atom is 0.123 e. The molecule has 0 saturated carbocycles. The molecule has 0 aliphatic rings. The van der Waals surface area contributed by atoms with Crippen LogP contribution in [-0.4, -0.2) is 18.8 Å². The molecule has 3 aromatic rings. The molecular formula is C20H23NO2. The van der Waals surface area contributed by atoms with E-state index in [0.29, 0.717) is 0 Å². The molecule has 3 rings (SSSR count). The van der Waals surface area contributed by atoms with E-state index in [1.165, 1.54) is 22.0 Å². The van der Waals surface area contributed by atoms with Crippen LogP contribution in [0.3, 0.4) is 0 Å². The van der Waals surface area contributed by atoms with Crippen LogP contribution in [0, 0.1) is 0 Å². The van der Waals surface area contributed by atoms with Crippen LogP contribution in [0.1, 0.15) is 24.5 Å². The normalized spacial score (nSPS) is 10.9. The fourth-order valence-electron chi connectivity index (χ4n) is 3.09. The minimum Gasteiger partial charge on any atom is -0.497 e. The number of methoxy groups -OCH3 is 2. The zero-order chi connectivity index (χ0) is 16.2. The molecule has 0 N–H and O–H groups in total. The van der Waals surface area contributed by atoms with Gasteiger partial charge in [0.1, 0.15) is 11.5 Å². The number of fused-ring (bicyclic) bond motifs is 1. The van der Waals surface area contributed by atoms with Crippen LogP contribution in [0.2, 0.25) is 0 Å². The van der Waals surface area contributed by atoms with E-state index in [0.717, 1.165) is 30.9 Å². The number of benzene rings is 2. The molecule has 3 heteroatoms. The molecule has 1 aromatic heterocycles. The highest BCUT2D eigenvalue weighted by Gasteiger charge is 2.11. The average Bonchev–Trinajstić information content (AvgIpc) is 2.92. The van der Waals surface area contributed by atoms with Crippen molar-refractivity contribution < 1.29 is 9.47 Å².